The molecule has 17 atom stereocenters. The first-order chi connectivity index (χ1) is 57.3. The maximum atomic E-state index is 13.6. The van der Waals surface area contributed by atoms with E-state index in [1.165, 1.54) is 411 Å². The Morgan fingerprint density at radius 1 is 0.274 bits per heavy atom. The minimum atomic E-state index is -1.97. The van der Waals surface area contributed by atoms with Gasteiger partial charge in [0.25, 0.3) is 0 Å². The van der Waals surface area contributed by atoms with Crippen LogP contribution < -0.4 is 5.32 Å². The maximum Gasteiger partial charge on any atom is 0.220 e. The minimum absolute atomic E-state index is 0.229. The molecule has 0 spiro atoms. The summed E-state index contributed by atoms with van der Waals surface area (Å²) in [5.41, 5.74) is 0. The van der Waals surface area contributed by atoms with E-state index in [4.69, 9.17) is 28.4 Å². The lowest BCUT2D eigenvalue weighted by Crippen LogP contribution is -2.66. The van der Waals surface area contributed by atoms with Gasteiger partial charge in [0.1, 0.15) is 73.2 Å². The van der Waals surface area contributed by atoms with Gasteiger partial charge in [-0.3, -0.25) is 4.79 Å². The quantitative estimate of drug-likeness (QED) is 0.0252. The van der Waals surface area contributed by atoms with Crippen LogP contribution in [-0.4, -0.2) is 193 Å². The number of hydrogen-bond acceptors (Lipinski definition) is 18. The highest BCUT2D eigenvalue weighted by Gasteiger charge is 2.54. The van der Waals surface area contributed by atoms with Crippen molar-refractivity contribution in [1.82, 2.24) is 5.32 Å². The molecule has 3 fully saturated rings. The van der Waals surface area contributed by atoms with Crippen molar-refractivity contribution in [3.05, 3.63) is 0 Å². The fourth-order valence-corrected chi connectivity index (χ4v) is 17.9. The normalized spacial score (nSPS) is 24.3. The molecule has 696 valence electrons. The van der Waals surface area contributed by atoms with Gasteiger partial charge in [-0.2, -0.15) is 0 Å². The molecule has 19 nitrogen and oxygen atoms in total. The minimum Gasteiger partial charge on any atom is -0.394 e. The zero-order valence-corrected chi connectivity index (χ0v) is 75.7. The summed E-state index contributed by atoms with van der Waals surface area (Å²) >= 11 is 0. The van der Waals surface area contributed by atoms with E-state index in [1.807, 2.05) is 0 Å². The van der Waals surface area contributed by atoms with E-state index < -0.39 is 124 Å². The molecule has 0 saturated carbocycles. The van der Waals surface area contributed by atoms with E-state index in [9.17, 15) is 61.0 Å². The number of ether oxygens (including phenoxy) is 6. The van der Waals surface area contributed by atoms with Gasteiger partial charge in [0.05, 0.1) is 38.6 Å². The van der Waals surface area contributed by atoms with Crippen LogP contribution in [0, 0.1) is 0 Å². The molecule has 0 aromatic heterocycles. The average Bonchev–Trinajstić information content (AvgIpc) is 0.778. The first-order valence-electron chi connectivity index (χ1n) is 50.8. The second kappa shape index (κ2) is 78.3. The molecule has 3 aliphatic heterocycles. The number of aliphatic hydroxyl groups is 11. The number of rotatable bonds is 86. The Kier molecular flexibility index (Phi) is 73.6. The van der Waals surface area contributed by atoms with E-state index in [2.05, 4.69) is 19.2 Å². The maximum absolute atomic E-state index is 13.6. The lowest BCUT2D eigenvalue weighted by atomic mass is 9.96. The number of carbonyl (C=O) groups excluding carboxylic acids is 1. The largest absolute Gasteiger partial charge is 0.394 e. The third-order valence-electron chi connectivity index (χ3n) is 25.9. The summed E-state index contributed by atoms with van der Waals surface area (Å²) in [4.78, 5) is 13.6. The van der Waals surface area contributed by atoms with Crippen molar-refractivity contribution in [3.63, 3.8) is 0 Å². The summed E-state index contributed by atoms with van der Waals surface area (Å²) in [6.07, 6.45) is 71.2. The van der Waals surface area contributed by atoms with Crippen molar-refractivity contribution in [2.75, 3.05) is 26.4 Å². The van der Waals surface area contributed by atoms with Gasteiger partial charge in [0, 0.05) is 6.42 Å². The number of amides is 1. The van der Waals surface area contributed by atoms with Gasteiger partial charge in [-0.05, 0) is 12.8 Å². The van der Waals surface area contributed by atoms with Crippen LogP contribution in [0.25, 0.3) is 0 Å². The Balaban J connectivity index is 1.26. The van der Waals surface area contributed by atoms with Crippen molar-refractivity contribution >= 4 is 5.91 Å². The molecule has 3 aliphatic rings. The average molecular weight is 1670 g/mol. The summed E-state index contributed by atoms with van der Waals surface area (Å²) in [7, 11) is 0. The number of aliphatic hydroxyl groups excluding tert-OH is 11. The number of carbonyl (C=O) groups is 1. The van der Waals surface area contributed by atoms with Crippen molar-refractivity contribution < 1.29 is 89.4 Å². The third-order valence-corrected chi connectivity index (χ3v) is 25.9. The summed E-state index contributed by atoms with van der Waals surface area (Å²) in [6.45, 7) is 1.91. The molecular weight excluding hydrogens is 1480 g/mol. The Hall–Kier alpha value is -1.21. The molecule has 3 heterocycles. The Labute approximate surface area is 716 Å². The van der Waals surface area contributed by atoms with Gasteiger partial charge < -0.3 is 89.9 Å². The van der Waals surface area contributed by atoms with Crippen molar-refractivity contribution in [3.8, 4) is 0 Å². The van der Waals surface area contributed by atoms with Gasteiger partial charge in [-0.15, -0.1) is 0 Å². The second-order valence-electron chi connectivity index (χ2n) is 36.7. The lowest BCUT2D eigenvalue weighted by molar-refractivity contribution is -0.379. The van der Waals surface area contributed by atoms with Crippen LogP contribution in [-0.2, 0) is 33.2 Å². The highest BCUT2D eigenvalue weighted by atomic mass is 16.8. The highest BCUT2D eigenvalue weighted by molar-refractivity contribution is 5.76. The van der Waals surface area contributed by atoms with Crippen LogP contribution in [0.3, 0.4) is 0 Å². The van der Waals surface area contributed by atoms with E-state index in [0.717, 1.165) is 44.9 Å². The lowest BCUT2D eigenvalue weighted by Gasteiger charge is -2.48. The Bertz CT molecular complexity index is 2100. The van der Waals surface area contributed by atoms with Crippen molar-refractivity contribution in [1.29, 1.82) is 0 Å². The Morgan fingerprint density at radius 3 is 0.744 bits per heavy atom. The SMILES string of the molecule is CCCCCCCCCCCCCCCCCCCCCCCCCCCCCCCCCCCCCCCCCCCC(=O)NC(COC1OC(CO)C(OC2OC(CO)C(OC3OC(CO)C(O)C(O)C3O)C(O)C2O)C(O)C1O)C(O)CCCCCCCCCCCCCCCCCCCCCCCCCCCCCCCCC. The van der Waals surface area contributed by atoms with Gasteiger partial charge >= 0.3 is 0 Å². The Morgan fingerprint density at radius 2 is 0.487 bits per heavy atom. The van der Waals surface area contributed by atoms with E-state index in [0.29, 0.717) is 12.8 Å². The molecular formula is C98H191NO18. The molecule has 0 aromatic rings. The molecule has 0 bridgehead atoms. The van der Waals surface area contributed by atoms with Crippen LogP contribution in [0.2, 0.25) is 0 Å². The van der Waals surface area contributed by atoms with Crippen LogP contribution in [0.15, 0.2) is 0 Å². The van der Waals surface area contributed by atoms with Gasteiger partial charge in [0.15, 0.2) is 18.9 Å². The van der Waals surface area contributed by atoms with Gasteiger partial charge in [-0.1, -0.05) is 470 Å². The molecule has 3 rings (SSSR count). The summed E-state index contributed by atoms with van der Waals surface area (Å²) in [5.74, 6) is -0.229. The number of unbranched alkanes of at least 4 members (excludes halogenated alkanes) is 70. The number of nitrogens with one attached hydrogen (secondary N) is 1. The van der Waals surface area contributed by atoms with Gasteiger partial charge in [-0.25, -0.2) is 0 Å². The molecule has 17 unspecified atom stereocenters. The molecule has 0 radical (unpaired) electrons. The van der Waals surface area contributed by atoms with E-state index >= 15 is 0 Å². The molecule has 3 saturated heterocycles. The fraction of sp³-hybridized carbons (Fsp3) is 0.990. The standard InChI is InChI=1S/C98H191NO18/c1-3-5-7-9-11-13-15-17-19-21-23-25-27-29-31-33-35-36-37-38-39-40-41-42-43-44-46-48-50-52-54-56-58-60-62-64-66-68-70-72-74-76-86(104)99-81(82(103)75-73-71-69-67-65-63-61-59-57-55-53-51-49-47-45-34-32-30-28-26-24-22-20-18-16-14-12-10-8-6-4-2)80-112-96-92(110)89(107)94(84(78-101)114-96)117-98-93(111)90(108)95(85(79-102)115-98)116-97-91(109)88(106)87(105)83(77-100)113-97/h81-85,87-98,100-103,105-111H,3-80H2,1-2H3,(H,99,104). The van der Waals surface area contributed by atoms with Crippen LogP contribution >= 0.6 is 0 Å². The topological polar surface area (TPSA) is 307 Å². The van der Waals surface area contributed by atoms with Crippen LogP contribution in [0.5, 0.6) is 0 Å². The molecule has 12 N–H and O–H groups in total. The predicted octanol–water partition coefficient (Wildman–Crippen LogP) is 21.2. The second-order valence-corrected chi connectivity index (χ2v) is 36.7. The first kappa shape index (κ1) is 110. The van der Waals surface area contributed by atoms with Gasteiger partial charge in [0.2, 0.25) is 5.91 Å². The molecule has 1 amide bonds. The first-order valence-corrected chi connectivity index (χ1v) is 50.8. The molecule has 0 aromatic carbocycles. The van der Waals surface area contributed by atoms with Crippen molar-refractivity contribution in [2.45, 2.75) is 593 Å². The van der Waals surface area contributed by atoms with Crippen molar-refractivity contribution in [2.24, 2.45) is 0 Å². The molecule has 0 aliphatic carbocycles. The zero-order chi connectivity index (χ0) is 84.5. The number of hydrogen-bond donors (Lipinski definition) is 12. The third kappa shape index (κ3) is 55.8. The predicted molar refractivity (Wildman–Crippen MR) is 476 cm³/mol. The van der Waals surface area contributed by atoms with Crippen LogP contribution in [0.4, 0.5) is 0 Å². The summed E-state index contributed by atoms with van der Waals surface area (Å²) in [6, 6.07) is -0.885. The molecule has 117 heavy (non-hydrogen) atoms. The fourth-order valence-electron chi connectivity index (χ4n) is 17.9. The zero-order valence-electron chi connectivity index (χ0n) is 75.7. The van der Waals surface area contributed by atoms with E-state index in [-0.39, 0.29) is 18.9 Å². The summed E-state index contributed by atoms with van der Waals surface area (Å²) < 4.78 is 34.7. The summed E-state index contributed by atoms with van der Waals surface area (Å²) in [5, 5.41) is 122. The van der Waals surface area contributed by atoms with Crippen LogP contribution in [0.1, 0.15) is 489 Å². The van der Waals surface area contributed by atoms with E-state index in [1.54, 1.807) is 0 Å². The highest BCUT2D eigenvalue weighted by Crippen LogP contribution is 2.34. The molecule has 19 heteroatoms. The monoisotopic (exact) mass is 1670 g/mol. The smallest absolute Gasteiger partial charge is 0.220 e.